The fraction of sp³-hybridized carbons (Fsp3) is 0.333. The maximum atomic E-state index is 11.4. The number of aldehydes is 1. The van der Waals surface area contributed by atoms with Gasteiger partial charge in [-0.2, -0.15) is 0 Å². The van der Waals surface area contributed by atoms with Crippen molar-refractivity contribution in [3.8, 4) is 5.75 Å². The average molecular weight is 257 g/mol. The van der Waals surface area contributed by atoms with Gasteiger partial charge >= 0.3 is 5.97 Å². The molecule has 0 N–H and O–H groups in total. The predicted octanol–water partition coefficient (Wildman–Crippen LogP) is 2.27. The van der Waals surface area contributed by atoms with Gasteiger partial charge < -0.3 is 9.47 Å². The molecular weight excluding hydrogens is 244 g/mol. The summed E-state index contributed by atoms with van der Waals surface area (Å²) >= 11 is 5.99. The van der Waals surface area contributed by atoms with Gasteiger partial charge in [0.2, 0.25) is 0 Å². The highest BCUT2D eigenvalue weighted by Crippen LogP contribution is 2.26. The Labute approximate surface area is 104 Å². The Morgan fingerprint density at radius 2 is 2.18 bits per heavy atom. The second kappa shape index (κ2) is 6.25. The minimum Gasteiger partial charge on any atom is -0.497 e. The first-order valence-corrected chi connectivity index (χ1v) is 5.47. The molecule has 0 aromatic heterocycles. The molecule has 0 spiro atoms. The van der Waals surface area contributed by atoms with Gasteiger partial charge in [0.05, 0.1) is 20.1 Å². The molecule has 0 aliphatic heterocycles. The first-order valence-electron chi connectivity index (χ1n) is 5.09. The molecule has 0 unspecified atom stereocenters. The van der Waals surface area contributed by atoms with Crippen LogP contribution >= 0.6 is 11.6 Å². The van der Waals surface area contributed by atoms with Gasteiger partial charge in [-0.15, -0.1) is 0 Å². The van der Waals surface area contributed by atoms with Crippen LogP contribution in [0.5, 0.6) is 5.75 Å². The molecule has 0 bridgehead atoms. The first kappa shape index (κ1) is 13.5. The van der Waals surface area contributed by atoms with Crippen LogP contribution in [-0.4, -0.2) is 26.0 Å². The van der Waals surface area contributed by atoms with Crippen molar-refractivity contribution < 1.29 is 19.1 Å². The van der Waals surface area contributed by atoms with Crippen LogP contribution < -0.4 is 4.74 Å². The molecule has 1 aromatic carbocycles. The fourth-order valence-corrected chi connectivity index (χ4v) is 1.68. The van der Waals surface area contributed by atoms with Gasteiger partial charge in [0.25, 0.3) is 0 Å². The van der Waals surface area contributed by atoms with Crippen LogP contribution in [-0.2, 0) is 16.0 Å². The molecule has 0 aliphatic rings. The predicted molar refractivity (Wildman–Crippen MR) is 63.7 cm³/mol. The van der Waals surface area contributed by atoms with Gasteiger partial charge in [-0.3, -0.25) is 9.59 Å². The number of methoxy groups -OCH3 is 1. The molecule has 5 heteroatoms. The number of esters is 1. The molecule has 0 fully saturated rings. The number of hydrogen-bond acceptors (Lipinski definition) is 4. The lowest BCUT2D eigenvalue weighted by atomic mass is 10.0. The van der Waals surface area contributed by atoms with Crippen LogP contribution in [0.15, 0.2) is 12.1 Å². The van der Waals surface area contributed by atoms with Crippen molar-refractivity contribution in [2.75, 3.05) is 13.7 Å². The molecule has 1 aromatic rings. The summed E-state index contributed by atoms with van der Waals surface area (Å²) in [5.74, 6) is 0.0624. The van der Waals surface area contributed by atoms with Crippen LogP contribution in [0.4, 0.5) is 0 Å². The summed E-state index contributed by atoms with van der Waals surface area (Å²) in [4.78, 5) is 22.3. The molecule has 0 heterocycles. The Hall–Kier alpha value is -1.55. The number of carbonyl (C=O) groups excluding carboxylic acids is 2. The Balaban J connectivity index is 3.05. The lowest BCUT2D eigenvalue weighted by molar-refractivity contribution is -0.142. The zero-order valence-corrected chi connectivity index (χ0v) is 10.4. The zero-order valence-electron chi connectivity index (χ0n) is 9.66. The highest BCUT2D eigenvalue weighted by atomic mass is 35.5. The van der Waals surface area contributed by atoms with Crippen molar-refractivity contribution >= 4 is 23.9 Å². The lowest BCUT2D eigenvalue weighted by Crippen LogP contribution is -2.10. The van der Waals surface area contributed by atoms with Crippen molar-refractivity contribution in [3.63, 3.8) is 0 Å². The van der Waals surface area contributed by atoms with Crippen LogP contribution in [0.1, 0.15) is 22.8 Å². The molecule has 0 saturated heterocycles. The Morgan fingerprint density at radius 1 is 1.47 bits per heavy atom. The van der Waals surface area contributed by atoms with Gasteiger partial charge in [0, 0.05) is 10.6 Å². The van der Waals surface area contributed by atoms with Gasteiger partial charge in [0.1, 0.15) is 5.75 Å². The number of hydrogen-bond donors (Lipinski definition) is 0. The van der Waals surface area contributed by atoms with E-state index in [0.717, 1.165) is 0 Å². The molecule has 0 aliphatic carbocycles. The van der Waals surface area contributed by atoms with E-state index in [2.05, 4.69) is 0 Å². The van der Waals surface area contributed by atoms with Crippen molar-refractivity contribution in [2.45, 2.75) is 13.3 Å². The molecular formula is C12H13ClO4. The number of carbonyl (C=O) groups is 2. The summed E-state index contributed by atoms with van der Waals surface area (Å²) in [6, 6.07) is 3.09. The molecule has 1 rings (SSSR count). The standard InChI is InChI=1S/C12H13ClO4/c1-3-17-12(15)6-10-8(7-14)4-9(16-2)5-11(10)13/h4-5,7H,3,6H2,1-2H3. The molecule has 0 saturated carbocycles. The number of rotatable bonds is 5. The van der Waals surface area contributed by atoms with E-state index in [-0.39, 0.29) is 6.42 Å². The maximum Gasteiger partial charge on any atom is 0.310 e. The summed E-state index contributed by atoms with van der Waals surface area (Å²) in [6.07, 6.45) is 0.619. The summed E-state index contributed by atoms with van der Waals surface area (Å²) in [5.41, 5.74) is 0.795. The Morgan fingerprint density at radius 3 is 2.71 bits per heavy atom. The number of benzene rings is 1. The van der Waals surface area contributed by atoms with Gasteiger partial charge in [-0.1, -0.05) is 11.6 Å². The third kappa shape index (κ3) is 3.46. The normalized spacial score (nSPS) is 9.82. The number of halogens is 1. The third-order valence-electron chi connectivity index (χ3n) is 2.19. The van der Waals surface area contributed by atoms with Crippen LogP contribution in [0.3, 0.4) is 0 Å². The Bertz CT molecular complexity index is 429. The van der Waals surface area contributed by atoms with E-state index in [1.54, 1.807) is 13.0 Å². The summed E-state index contributed by atoms with van der Waals surface area (Å²) < 4.78 is 9.80. The second-order valence-corrected chi connectivity index (χ2v) is 3.68. The Kier molecular flexibility index (Phi) is 4.97. The van der Waals surface area contributed by atoms with Crippen molar-refractivity contribution in [2.24, 2.45) is 0 Å². The molecule has 17 heavy (non-hydrogen) atoms. The minimum atomic E-state index is -0.414. The quantitative estimate of drug-likeness (QED) is 0.599. The van der Waals surface area contributed by atoms with E-state index >= 15 is 0 Å². The highest BCUT2D eigenvalue weighted by molar-refractivity contribution is 6.32. The maximum absolute atomic E-state index is 11.4. The van der Waals surface area contributed by atoms with Crippen LogP contribution in [0.2, 0.25) is 5.02 Å². The SMILES string of the molecule is CCOC(=O)Cc1c(Cl)cc(OC)cc1C=O. The zero-order chi connectivity index (χ0) is 12.8. The van der Waals surface area contributed by atoms with E-state index < -0.39 is 5.97 Å². The molecule has 0 atom stereocenters. The van der Waals surface area contributed by atoms with E-state index in [9.17, 15) is 9.59 Å². The number of ether oxygens (including phenoxy) is 2. The first-order chi connectivity index (χ1) is 8.12. The van der Waals surface area contributed by atoms with Crippen LogP contribution in [0, 0.1) is 0 Å². The summed E-state index contributed by atoms with van der Waals surface area (Å²) in [6.45, 7) is 2.01. The third-order valence-corrected chi connectivity index (χ3v) is 2.53. The molecule has 0 amide bonds. The fourth-order valence-electron chi connectivity index (χ4n) is 1.40. The van der Waals surface area contributed by atoms with Crippen LogP contribution in [0.25, 0.3) is 0 Å². The monoisotopic (exact) mass is 256 g/mol. The van der Waals surface area contributed by atoms with Gasteiger partial charge in [-0.25, -0.2) is 0 Å². The molecule has 4 nitrogen and oxygen atoms in total. The second-order valence-electron chi connectivity index (χ2n) is 3.28. The highest BCUT2D eigenvalue weighted by Gasteiger charge is 2.14. The summed E-state index contributed by atoms with van der Waals surface area (Å²) in [5, 5.41) is 0.319. The minimum absolute atomic E-state index is 0.0231. The van der Waals surface area contributed by atoms with Gasteiger partial charge in [-0.05, 0) is 24.6 Å². The van der Waals surface area contributed by atoms with Gasteiger partial charge in [0.15, 0.2) is 6.29 Å². The average Bonchev–Trinajstić information content (AvgIpc) is 2.31. The van der Waals surface area contributed by atoms with E-state index in [1.807, 2.05) is 0 Å². The van der Waals surface area contributed by atoms with E-state index in [1.165, 1.54) is 13.2 Å². The van der Waals surface area contributed by atoms with Crippen molar-refractivity contribution in [1.29, 1.82) is 0 Å². The van der Waals surface area contributed by atoms with Crippen molar-refractivity contribution in [3.05, 3.63) is 28.3 Å². The van der Waals surface area contributed by atoms with E-state index in [0.29, 0.717) is 34.8 Å². The largest absolute Gasteiger partial charge is 0.497 e. The lowest BCUT2D eigenvalue weighted by Gasteiger charge is -2.09. The van der Waals surface area contributed by atoms with Crippen molar-refractivity contribution in [1.82, 2.24) is 0 Å². The van der Waals surface area contributed by atoms with E-state index in [4.69, 9.17) is 21.1 Å². The smallest absolute Gasteiger partial charge is 0.310 e. The summed E-state index contributed by atoms with van der Waals surface area (Å²) in [7, 11) is 1.48. The molecule has 92 valence electrons. The molecule has 0 radical (unpaired) electrons. The topological polar surface area (TPSA) is 52.6 Å².